The van der Waals surface area contributed by atoms with Crippen molar-refractivity contribution in [1.82, 2.24) is 0 Å². The Morgan fingerprint density at radius 2 is 2.12 bits per heavy atom. The number of hydrogen-bond acceptors (Lipinski definition) is 0. The van der Waals surface area contributed by atoms with Crippen molar-refractivity contribution in [1.29, 1.82) is 0 Å². The highest BCUT2D eigenvalue weighted by Gasteiger charge is 1.87. The molecule has 0 aromatic carbocycles. The monoisotopic (exact) mass is 112 g/mol. The summed E-state index contributed by atoms with van der Waals surface area (Å²) < 4.78 is 12.0. The minimum absolute atomic E-state index is 0.398. The van der Waals surface area contributed by atoms with Gasteiger partial charge in [-0.15, -0.1) is 0 Å². The van der Waals surface area contributed by atoms with Crippen molar-refractivity contribution in [3.63, 3.8) is 0 Å². The van der Waals surface area contributed by atoms with Crippen LogP contribution in [0.25, 0.3) is 0 Å². The third-order valence-corrected chi connectivity index (χ3v) is 0.796. The summed E-state index contributed by atoms with van der Waals surface area (Å²) >= 11 is 0. The van der Waals surface area contributed by atoms with E-state index in [1.165, 1.54) is 6.08 Å². The van der Waals surface area contributed by atoms with Crippen LogP contribution in [0.4, 0.5) is 4.39 Å². The van der Waals surface area contributed by atoms with Crippen molar-refractivity contribution in [2.75, 3.05) is 0 Å². The molecule has 1 heteroatoms. The fourth-order valence-electron chi connectivity index (χ4n) is 0.267. The first-order chi connectivity index (χ1) is 3.68. The van der Waals surface area contributed by atoms with Crippen LogP contribution in [0.15, 0.2) is 36.7 Å². The zero-order chi connectivity index (χ0) is 6.57. The highest BCUT2D eigenvalue weighted by molar-refractivity contribution is 5.23. The second kappa shape index (κ2) is 3.19. The molecule has 0 aliphatic carbocycles. The summed E-state index contributed by atoms with van der Waals surface area (Å²) in [5.74, 6) is -0.398. The Hall–Kier alpha value is -0.850. The molecule has 0 saturated heterocycles. The first-order valence-corrected chi connectivity index (χ1v) is 2.32. The Labute approximate surface area is 49.0 Å². The summed E-state index contributed by atoms with van der Waals surface area (Å²) in [5.41, 5.74) is 0.528. The third kappa shape index (κ3) is 2.35. The third-order valence-electron chi connectivity index (χ3n) is 0.796. The van der Waals surface area contributed by atoms with Crippen molar-refractivity contribution >= 4 is 0 Å². The zero-order valence-corrected chi connectivity index (χ0v) is 4.95. The van der Waals surface area contributed by atoms with Gasteiger partial charge in [-0.2, -0.15) is 0 Å². The van der Waals surface area contributed by atoms with Gasteiger partial charge in [0.25, 0.3) is 0 Å². The average molecular weight is 112 g/mol. The summed E-state index contributed by atoms with van der Waals surface area (Å²) in [6.45, 7) is 8.13. The summed E-state index contributed by atoms with van der Waals surface area (Å²) in [5, 5.41) is 0. The Morgan fingerprint density at radius 1 is 1.62 bits per heavy atom. The first-order valence-electron chi connectivity index (χ1n) is 2.32. The van der Waals surface area contributed by atoms with E-state index in [0.717, 1.165) is 0 Å². The molecule has 0 amide bonds. The number of hydrogen-bond donors (Lipinski definition) is 0. The van der Waals surface area contributed by atoms with Gasteiger partial charge in [-0.1, -0.05) is 25.3 Å². The Bertz CT molecular complexity index is 131. The van der Waals surface area contributed by atoms with Gasteiger partial charge in [0.2, 0.25) is 0 Å². The van der Waals surface area contributed by atoms with Gasteiger partial charge in [0.15, 0.2) is 0 Å². The minimum atomic E-state index is -0.398. The molecule has 0 fully saturated rings. The van der Waals surface area contributed by atoms with Gasteiger partial charge in [0.05, 0.1) is 0 Å². The molecule has 44 valence electrons. The van der Waals surface area contributed by atoms with Gasteiger partial charge in [0, 0.05) is 0 Å². The molecule has 0 rings (SSSR count). The summed E-state index contributed by atoms with van der Waals surface area (Å²) in [4.78, 5) is 0. The summed E-state index contributed by atoms with van der Waals surface area (Å²) in [7, 11) is 0. The normalized spacial score (nSPS) is 11.0. The molecule has 0 atom stereocenters. The number of halogens is 1. The fourth-order valence-corrected chi connectivity index (χ4v) is 0.267. The van der Waals surface area contributed by atoms with Crippen LogP contribution in [0, 0.1) is 0 Å². The molecule has 0 nitrogen and oxygen atoms in total. The first kappa shape index (κ1) is 7.15. The Kier molecular flexibility index (Phi) is 2.85. The van der Waals surface area contributed by atoms with E-state index in [-0.39, 0.29) is 0 Å². The van der Waals surface area contributed by atoms with Crippen LogP contribution in [-0.2, 0) is 0 Å². The largest absolute Gasteiger partial charge is 0.207 e. The van der Waals surface area contributed by atoms with E-state index in [1.54, 1.807) is 13.0 Å². The molecule has 8 heavy (non-hydrogen) atoms. The summed E-state index contributed by atoms with van der Waals surface area (Å²) in [6.07, 6.45) is 3.10. The molecule has 0 N–H and O–H groups in total. The van der Waals surface area contributed by atoms with Gasteiger partial charge < -0.3 is 0 Å². The number of allylic oxidation sites excluding steroid dienone is 4. The summed E-state index contributed by atoms with van der Waals surface area (Å²) in [6, 6.07) is 0. The lowest BCUT2D eigenvalue weighted by molar-refractivity contribution is 0.656. The lowest BCUT2D eigenvalue weighted by Crippen LogP contribution is -1.70. The van der Waals surface area contributed by atoms with Crippen molar-refractivity contribution in [2.24, 2.45) is 0 Å². The van der Waals surface area contributed by atoms with E-state index in [2.05, 4.69) is 13.2 Å². The van der Waals surface area contributed by atoms with Crippen molar-refractivity contribution in [3.05, 3.63) is 36.7 Å². The van der Waals surface area contributed by atoms with Crippen LogP contribution < -0.4 is 0 Å². The van der Waals surface area contributed by atoms with E-state index in [1.807, 2.05) is 0 Å². The maximum Gasteiger partial charge on any atom is 0.118 e. The zero-order valence-electron chi connectivity index (χ0n) is 4.95. The molecule has 0 aliphatic rings. The smallest absolute Gasteiger partial charge is 0.118 e. The highest BCUT2D eigenvalue weighted by atomic mass is 19.1. The molecular weight excluding hydrogens is 103 g/mol. The predicted molar refractivity (Wildman–Crippen MR) is 34.2 cm³/mol. The lowest BCUT2D eigenvalue weighted by atomic mass is 10.3. The van der Waals surface area contributed by atoms with Crippen molar-refractivity contribution in [2.45, 2.75) is 6.92 Å². The van der Waals surface area contributed by atoms with Gasteiger partial charge >= 0.3 is 0 Å². The SMILES string of the molecule is C=CC=C(C)C(=C)F. The van der Waals surface area contributed by atoms with Crippen LogP contribution >= 0.6 is 0 Å². The standard InChI is InChI=1S/C7H9F/c1-4-5-6(2)7(3)8/h4-5H,1,3H2,2H3. The Balaban J connectivity index is 3.99. The van der Waals surface area contributed by atoms with Gasteiger partial charge in [-0.05, 0) is 12.5 Å². The van der Waals surface area contributed by atoms with E-state index in [0.29, 0.717) is 5.57 Å². The maximum absolute atomic E-state index is 12.0. The quantitative estimate of drug-likeness (QED) is 0.481. The van der Waals surface area contributed by atoms with Crippen molar-refractivity contribution < 1.29 is 4.39 Å². The van der Waals surface area contributed by atoms with Crippen molar-refractivity contribution in [3.8, 4) is 0 Å². The van der Waals surface area contributed by atoms with E-state index < -0.39 is 5.83 Å². The van der Waals surface area contributed by atoms with E-state index in [9.17, 15) is 4.39 Å². The molecule has 0 aliphatic heterocycles. The van der Waals surface area contributed by atoms with Gasteiger partial charge in [0.1, 0.15) is 5.83 Å². The second-order valence-corrected chi connectivity index (χ2v) is 1.49. The molecule has 0 aromatic rings. The number of rotatable bonds is 2. The average Bonchev–Trinajstić information content (AvgIpc) is 1.67. The molecule has 0 unspecified atom stereocenters. The molecule has 0 spiro atoms. The predicted octanol–water partition coefficient (Wildman–Crippen LogP) is 2.60. The highest BCUT2D eigenvalue weighted by Crippen LogP contribution is 2.05. The maximum atomic E-state index is 12.0. The van der Waals surface area contributed by atoms with E-state index in [4.69, 9.17) is 0 Å². The minimum Gasteiger partial charge on any atom is -0.207 e. The molecular formula is C7H9F. The molecule has 0 aromatic heterocycles. The van der Waals surface area contributed by atoms with Gasteiger partial charge in [-0.3, -0.25) is 0 Å². The van der Waals surface area contributed by atoms with Crippen LogP contribution in [-0.4, -0.2) is 0 Å². The Morgan fingerprint density at radius 3 is 2.25 bits per heavy atom. The molecule has 0 heterocycles. The van der Waals surface area contributed by atoms with Crippen LogP contribution in [0.5, 0.6) is 0 Å². The van der Waals surface area contributed by atoms with Crippen LogP contribution in [0.2, 0.25) is 0 Å². The lowest BCUT2D eigenvalue weighted by Gasteiger charge is -1.88. The molecule has 0 bridgehead atoms. The van der Waals surface area contributed by atoms with E-state index >= 15 is 0 Å². The fraction of sp³-hybridized carbons (Fsp3) is 0.143. The van der Waals surface area contributed by atoms with Crippen LogP contribution in [0.3, 0.4) is 0 Å². The second-order valence-electron chi connectivity index (χ2n) is 1.49. The topological polar surface area (TPSA) is 0 Å². The molecule has 0 radical (unpaired) electrons. The molecule has 0 saturated carbocycles. The van der Waals surface area contributed by atoms with Crippen LogP contribution in [0.1, 0.15) is 6.92 Å². The van der Waals surface area contributed by atoms with Gasteiger partial charge in [-0.25, -0.2) is 4.39 Å².